The Morgan fingerprint density at radius 1 is 0.841 bits per heavy atom. The number of rotatable bonds is 13. The number of amides is 2. The van der Waals surface area contributed by atoms with E-state index in [1.807, 2.05) is 48.5 Å². The van der Waals surface area contributed by atoms with Gasteiger partial charge in [0.2, 0.25) is 17.3 Å². The number of H-pyrrole nitrogens is 1. The summed E-state index contributed by atoms with van der Waals surface area (Å²) in [7, 11) is 0. The summed E-state index contributed by atoms with van der Waals surface area (Å²) in [6, 6.07) is 19.2. The standard InChI is InChI=1S/C32H36F3N7O2/c33-32(34,35)24-9-5-22(6-10-24)18-29(31(44)40-25-19-23-3-1-2-4-28(23)39-20-25)41-30(43)27(38)17-21-7-11-26(12-8-21)42(15-13-36)16-14-37/h1-12,19-20,27,29H,13-18,36-38H2,(H,40,44)(H,41,43)/p+1/t27-,29-/m0/s1. The number of hydrogen-bond donors (Lipinski definition) is 5. The second-order valence-electron chi connectivity index (χ2n) is 10.5. The first-order chi connectivity index (χ1) is 21.1. The number of nitrogens with one attached hydrogen (secondary N) is 3. The fraction of sp³-hybridized carbons (Fsp3) is 0.281. The van der Waals surface area contributed by atoms with E-state index in [4.69, 9.17) is 17.2 Å². The van der Waals surface area contributed by atoms with E-state index >= 15 is 0 Å². The predicted octanol–water partition coefficient (Wildman–Crippen LogP) is 2.63. The molecular weight excluding hydrogens is 571 g/mol. The molecule has 2 amide bonds. The van der Waals surface area contributed by atoms with Gasteiger partial charge in [-0.1, -0.05) is 36.4 Å². The third-order valence-corrected chi connectivity index (χ3v) is 7.17. The number of aromatic amines is 1. The molecule has 44 heavy (non-hydrogen) atoms. The molecule has 12 heteroatoms. The van der Waals surface area contributed by atoms with Gasteiger partial charge in [0.1, 0.15) is 11.7 Å². The molecule has 0 saturated heterocycles. The number of benzene rings is 3. The van der Waals surface area contributed by atoms with Crippen molar-refractivity contribution in [2.24, 2.45) is 17.2 Å². The van der Waals surface area contributed by atoms with Crippen LogP contribution in [-0.2, 0) is 28.6 Å². The van der Waals surface area contributed by atoms with Gasteiger partial charge in [0.15, 0.2) is 6.20 Å². The Bertz CT molecular complexity index is 1540. The Kier molecular flexibility index (Phi) is 10.9. The summed E-state index contributed by atoms with van der Waals surface area (Å²) in [6.45, 7) is 2.26. The lowest BCUT2D eigenvalue weighted by atomic mass is 10.0. The molecule has 0 aliphatic heterocycles. The molecule has 1 aromatic heterocycles. The highest BCUT2D eigenvalue weighted by Crippen LogP contribution is 2.29. The minimum Gasteiger partial charge on any atom is -0.369 e. The van der Waals surface area contributed by atoms with E-state index in [1.54, 1.807) is 12.3 Å². The number of nitrogens with two attached hydrogens (primary N) is 3. The molecule has 9 N–H and O–H groups in total. The third kappa shape index (κ3) is 8.75. The van der Waals surface area contributed by atoms with E-state index < -0.39 is 35.6 Å². The Morgan fingerprint density at radius 2 is 1.45 bits per heavy atom. The number of pyridine rings is 1. The average molecular weight is 609 g/mol. The first-order valence-electron chi connectivity index (χ1n) is 14.2. The molecule has 4 aromatic rings. The molecule has 0 aliphatic carbocycles. The van der Waals surface area contributed by atoms with E-state index in [2.05, 4.69) is 20.5 Å². The molecule has 2 atom stereocenters. The van der Waals surface area contributed by atoms with Crippen molar-refractivity contribution in [3.8, 4) is 0 Å². The van der Waals surface area contributed by atoms with Crippen molar-refractivity contribution in [3.05, 3.63) is 102 Å². The van der Waals surface area contributed by atoms with Gasteiger partial charge in [-0.05, 0) is 53.9 Å². The maximum Gasteiger partial charge on any atom is 0.416 e. The second-order valence-corrected chi connectivity index (χ2v) is 10.5. The number of para-hydroxylation sites is 1. The van der Waals surface area contributed by atoms with Gasteiger partial charge in [-0.3, -0.25) is 9.59 Å². The fourth-order valence-corrected chi connectivity index (χ4v) is 4.85. The van der Waals surface area contributed by atoms with E-state index in [0.717, 1.165) is 34.3 Å². The van der Waals surface area contributed by atoms with E-state index in [9.17, 15) is 22.8 Å². The Morgan fingerprint density at radius 3 is 2.09 bits per heavy atom. The van der Waals surface area contributed by atoms with Gasteiger partial charge in [-0.15, -0.1) is 0 Å². The van der Waals surface area contributed by atoms with Crippen LogP contribution in [0.3, 0.4) is 0 Å². The highest BCUT2D eigenvalue weighted by Gasteiger charge is 2.30. The highest BCUT2D eigenvalue weighted by molar-refractivity contribution is 5.98. The van der Waals surface area contributed by atoms with Crippen LogP contribution in [0.4, 0.5) is 24.5 Å². The number of halogens is 3. The molecule has 1 heterocycles. The number of nitrogens with zero attached hydrogens (tertiary/aromatic N) is 1. The Hall–Kier alpha value is -4.52. The zero-order valence-electron chi connectivity index (χ0n) is 24.1. The normalized spacial score (nSPS) is 12.9. The smallest absolute Gasteiger partial charge is 0.369 e. The van der Waals surface area contributed by atoms with Crippen molar-refractivity contribution in [3.63, 3.8) is 0 Å². The molecule has 0 fully saturated rings. The zero-order valence-corrected chi connectivity index (χ0v) is 24.1. The van der Waals surface area contributed by atoms with Crippen LogP contribution in [0.5, 0.6) is 0 Å². The van der Waals surface area contributed by atoms with Crippen molar-refractivity contribution >= 4 is 34.1 Å². The lowest BCUT2D eigenvalue weighted by molar-refractivity contribution is -0.343. The van der Waals surface area contributed by atoms with Crippen LogP contribution in [0.15, 0.2) is 85.1 Å². The number of carbonyl (C=O) groups excluding carboxylic acids is 2. The molecule has 9 nitrogen and oxygen atoms in total. The maximum atomic E-state index is 13.4. The monoisotopic (exact) mass is 608 g/mol. The Balaban J connectivity index is 1.48. The number of aromatic nitrogens is 1. The summed E-state index contributed by atoms with van der Waals surface area (Å²) in [5.41, 5.74) is 20.4. The van der Waals surface area contributed by atoms with Crippen LogP contribution < -0.4 is 37.7 Å². The predicted molar refractivity (Wildman–Crippen MR) is 165 cm³/mol. The SMILES string of the molecule is NCCN(CCN)c1ccc(C[C@H](N)C(=O)N[C@@H](Cc2ccc(C(F)(F)F)cc2)C(=O)Nc2c[nH+]c3ccccc3c2)cc1. The van der Waals surface area contributed by atoms with Crippen LogP contribution in [0.1, 0.15) is 16.7 Å². The minimum atomic E-state index is -4.49. The largest absolute Gasteiger partial charge is 0.416 e. The van der Waals surface area contributed by atoms with E-state index in [1.165, 1.54) is 12.1 Å². The number of anilines is 2. The quantitative estimate of drug-likeness (QED) is 0.157. The number of hydrogen-bond acceptors (Lipinski definition) is 6. The summed E-state index contributed by atoms with van der Waals surface area (Å²) >= 11 is 0. The average Bonchev–Trinajstić information content (AvgIpc) is 3.00. The van der Waals surface area contributed by atoms with Crippen molar-refractivity contribution in [2.45, 2.75) is 31.1 Å². The van der Waals surface area contributed by atoms with Gasteiger partial charge < -0.3 is 32.7 Å². The van der Waals surface area contributed by atoms with Crippen LogP contribution in [0, 0.1) is 0 Å². The fourth-order valence-electron chi connectivity index (χ4n) is 4.85. The van der Waals surface area contributed by atoms with E-state index in [0.29, 0.717) is 37.4 Å². The van der Waals surface area contributed by atoms with Gasteiger partial charge in [-0.2, -0.15) is 13.2 Å². The van der Waals surface area contributed by atoms with Gasteiger partial charge in [0.05, 0.1) is 11.6 Å². The van der Waals surface area contributed by atoms with Crippen molar-refractivity contribution < 1.29 is 27.7 Å². The summed E-state index contributed by atoms with van der Waals surface area (Å²) in [6.07, 6.45) is -2.72. The first-order valence-corrected chi connectivity index (χ1v) is 14.2. The minimum absolute atomic E-state index is 0.0491. The first kappa shape index (κ1) is 32.4. The third-order valence-electron chi connectivity index (χ3n) is 7.17. The lowest BCUT2D eigenvalue weighted by Crippen LogP contribution is -2.51. The second kappa shape index (κ2) is 14.8. The van der Waals surface area contributed by atoms with Crippen LogP contribution in [0.25, 0.3) is 10.9 Å². The summed E-state index contributed by atoms with van der Waals surface area (Å²) in [5.74, 6) is -1.11. The van der Waals surface area contributed by atoms with Gasteiger partial charge in [0.25, 0.3) is 0 Å². The summed E-state index contributed by atoms with van der Waals surface area (Å²) < 4.78 is 39.3. The van der Waals surface area contributed by atoms with Crippen molar-refractivity contribution in [1.82, 2.24) is 5.32 Å². The molecule has 0 saturated carbocycles. The zero-order chi connectivity index (χ0) is 31.7. The summed E-state index contributed by atoms with van der Waals surface area (Å²) in [5, 5.41) is 6.36. The van der Waals surface area contributed by atoms with Crippen molar-refractivity contribution in [1.29, 1.82) is 0 Å². The molecule has 0 spiro atoms. The summed E-state index contributed by atoms with van der Waals surface area (Å²) in [4.78, 5) is 31.8. The topological polar surface area (TPSA) is 154 Å². The molecule has 0 radical (unpaired) electrons. The highest BCUT2D eigenvalue weighted by atomic mass is 19.4. The maximum absolute atomic E-state index is 13.4. The van der Waals surface area contributed by atoms with Gasteiger partial charge in [0, 0.05) is 49.7 Å². The molecular formula is C32H37F3N7O2+. The van der Waals surface area contributed by atoms with Gasteiger partial charge in [-0.25, -0.2) is 4.98 Å². The van der Waals surface area contributed by atoms with Crippen LogP contribution >= 0.6 is 0 Å². The molecule has 232 valence electrons. The van der Waals surface area contributed by atoms with Gasteiger partial charge >= 0.3 is 6.18 Å². The van der Waals surface area contributed by atoms with Crippen LogP contribution in [-0.4, -0.2) is 50.1 Å². The number of fused-ring (bicyclic) bond motifs is 1. The molecule has 0 unspecified atom stereocenters. The number of carbonyl (C=O) groups is 2. The van der Waals surface area contributed by atoms with Crippen molar-refractivity contribution in [2.75, 3.05) is 36.4 Å². The number of alkyl halides is 3. The molecule has 3 aromatic carbocycles. The van der Waals surface area contributed by atoms with Crippen LogP contribution in [0.2, 0.25) is 0 Å². The molecule has 0 bridgehead atoms. The van der Waals surface area contributed by atoms with E-state index in [-0.39, 0.29) is 12.8 Å². The lowest BCUT2D eigenvalue weighted by Gasteiger charge is -2.24. The Labute approximate surface area is 253 Å². The molecule has 4 rings (SSSR count). The molecule has 0 aliphatic rings.